The van der Waals surface area contributed by atoms with Gasteiger partial charge in [-0.1, -0.05) is 18.6 Å². The first-order chi connectivity index (χ1) is 8.46. The number of hydrogen-bond donors (Lipinski definition) is 0. The van der Waals surface area contributed by atoms with Crippen LogP contribution in [0.1, 0.15) is 33.1 Å². The van der Waals surface area contributed by atoms with Crippen molar-refractivity contribution in [2.75, 3.05) is 18.5 Å². The van der Waals surface area contributed by atoms with Crippen molar-refractivity contribution in [3.8, 4) is 6.07 Å². The van der Waals surface area contributed by atoms with Gasteiger partial charge in [-0.05, 0) is 38.8 Å². The van der Waals surface area contributed by atoms with Gasteiger partial charge in [0.05, 0.1) is 17.2 Å². The maximum absolute atomic E-state index is 13.5. The van der Waals surface area contributed by atoms with E-state index in [4.69, 9.17) is 5.26 Å². The highest BCUT2D eigenvalue weighted by Gasteiger charge is 2.15. The molecule has 3 heteroatoms. The minimum atomic E-state index is -0.253. The number of halogens is 1. The summed E-state index contributed by atoms with van der Waals surface area (Å²) < 4.78 is 13.5. The van der Waals surface area contributed by atoms with Gasteiger partial charge < -0.3 is 4.90 Å². The largest absolute Gasteiger partial charge is 0.372 e. The summed E-state index contributed by atoms with van der Waals surface area (Å²) in [6, 6.07) is 9.10. The van der Waals surface area contributed by atoms with Crippen LogP contribution in [-0.2, 0) is 0 Å². The Morgan fingerprint density at radius 3 is 2.56 bits per heavy atom. The number of unbranched alkanes of at least 4 members (excludes halogenated alkanes) is 1. The van der Waals surface area contributed by atoms with E-state index in [0.717, 1.165) is 25.8 Å². The highest BCUT2D eigenvalue weighted by Crippen LogP contribution is 2.22. The van der Waals surface area contributed by atoms with Gasteiger partial charge in [0.25, 0.3) is 0 Å². The van der Waals surface area contributed by atoms with Crippen LogP contribution in [0.5, 0.6) is 0 Å². The molecule has 0 bridgehead atoms. The van der Waals surface area contributed by atoms with Crippen LogP contribution in [0, 0.1) is 22.6 Å². The van der Waals surface area contributed by atoms with E-state index in [-0.39, 0.29) is 11.2 Å². The molecule has 0 radical (unpaired) electrons. The van der Waals surface area contributed by atoms with Crippen molar-refractivity contribution >= 4 is 5.69 Å². The summed E-state index contributed by atoms with van der Waals surface area (Å²) in [5, 5.41) is 8.91. The van der Waals surface area contributed by atoms with E-state index in [0.29, 0.717) is 5.69 Å². The predicted octanol–water partition coefficient (Wildman–Crippen LogP) is 3.98. The fraction of sp³-hybridized carbons (Fsp3) is 0.533. The first-order valence-electron chi connectivity index (χ1n) is 6.33. The van der Waals surface area contributed by atoms with Gasteiger partial charge in [-0.25, -0.2) is 4.39 Å². The van der Waals surface area contributed by atoms with E-state index in [1.165, 1.54) is 6.07 Å². The van der Waals surface area contributed by atoms with Crippen molar-refractivity contribution in [2.45, 2.75) is 33.1 Å². The highest BCUT2D eigenvalue weighted by molar-refractivity contribution is 5.46. The molecule has 0 unspecified atom stereocenters. The van der Waals surface area contributed by atoms with Crippen molar-refractivity contribution in [3.05, 3.63) is 30.1 Å². The van der Waals surface area contributed by atoms with E-state index in [2.05, 4.69) is 6.07 Å². The summed E-state index contributed by atoms with van der Waals surface area (Å²) in [6.07, 6.45) is 2.84. The normalized spacial score (nSPS) is 11.1. The summed E-state index contributed by atoms with van der Waals surface area (Å²) >= 11 is 0. The molecule has 0 fully saturated rings. The smallest absolute Gasteiger partial charge is 0.146 e. The topological polar surface area (TPSA) is 27.0 Å². The lowest BCUT2D eigenvalue weighted by Crippen LogP contribution is -2.20. The van der Waals surface area contributed by atoms with Crippen LogP contribution >= 0.6 is 0 Å². The number of nitrogens with zero attached hydrogens (tertiary/aromatic N) is 2. The fourth-order valence-corrected chi connectivity index (χ4v) is 1.85. The number of benzene rings is 1. The quantitative estimate of drug-likeness (QED) is 0.712. The molecule has 0 saturated heterocycles. The van der Waals surface area contributed by atoms with Crippen LogP contribution in [0.4, 0.5) is 10.1 Å². The molecule has 1 rings (SSSR count). The van der Waals surface area contributed by atoms with Crippen molar-refractivity contribution in [2.24, 2.45) is 5.41 Å². The van der Waals surface area contributed by atoms with E-state index < -0.39 is 0 Å². The van der Waals surface area contributed by atoms with Crippen LogP contribution in [0.2, 0.25) is 0 Å². The summed E-state index contributed by atoms with van der Waals surface area (Å²) in [7, 11) is 1.90. The average molecular weight is 248 g/mol. The lowest BCUT2D eigenvalue weighted by molar-refractivity contribution is 0.427. The summed E-state index contributed by atoms with van der Waals surface area (Å²) in [5.41, 5.74) is 0.383. The third-order valence-electron chi connectivity index (χ3n) is 3.11. The zero-order chi connectivity index (χ0) is 13.6. The number of para-hydroxylation sites is 1. The molecule has 0 aromatic heterocycles. The van der Waals surface area contributed by atoms with Gasteiger partial charge in [0.15, 0.2) is 0 Å². The molecule has 2 nitrogen and oxygen atoms in total. The Hall–Kier alpha value is -1.56. The second kappa shape index (κ2) is 6.39. The highest BCUT2D eigenvalue weighted by atomic mass is 19.1. The second-order valence-electron chi connectivity index (χ2n) is 5.33. The molecule has 1 aromatic rings. The molecule has 1 aromatic carbocycles. The molecule has 0 saturated carbocycles. The average Bonchev–Trinajstić information content (AvgIpc) is 2.35. The van der Waals surface area contributed by atoms with Crippen molar-refractivity contribution in [3.63, 3.8) is 0 Å². The monoisotopic (exact) mass is 248 g/mol. The van der Waals surface area contributed by atoms with Crippen LogP contribution in [0.25, 0.3) is 0 Å². The fourth-order valence-electron chi connectivity index (χ4n) is 1.85. The van der Waals surface area contributed by atoms with Crippen LogP contribution in [0.15, 0.2) is 24.3 Å². The van der Waals surface area contributed by atoms with E-state index in [1.807, 2.05) is 31.9 Å². The molecule has 18 heavy (non-hydrogen) atoms. The van der Waals surface area contributed by atoms with Gasteiger partial charge in [0.1, 0.15) is 5.82 Å². The minimum Gasteiger partial charge on any atom is -0.372 e. The molecule has 0 heterocycles. The van der Waals surface area contributed by atoms with Gasteiger partial charge in [0.2, 0.25) is 0 Å². The Labute approximate surface area is 109 Å². The molecule has 0 aliphatic heterocycles. The second-order valence-corrected chi connectivity index (χ2v) is 5.33. The van der Waals surface area contributed by atoms with Crippen LogP contribution < -0.4 is 4.90 Å². The summed E-state index contributed by atoms with van der Waals surface area (Å²) in [4.78, 5) is 1.93. The van der Waals surface area contributed by atoms with Crippen molar-refractivity contribution < 1.29 is 4.39 Å². The SMILES string of the molecule is CN(CCCCC(C)(C)C#N)c1ccccc1F. The number of anilines is 1. The lowest BCUT2D eigenvalue weighted by atomic mass is 9.89. The maximum atomic E-state index is 13.5. The summed E-state index contributed by atoms with van der Waals surface area (Å²) in [5.74, 6) is -0.183. The molecule has 0 atom stereocenters. The van der Waals surface area contributed by atoms with E-state index in [1.54, 1.807) is 12.1 Å². The number of rotatable bonds is 6. The molecule has 0 amide bonds. The van der Waals surface area contributed by atoms with Crippen LogP contribution in [-0.4, -0.2) is 13.6 Å². The first-order valence-corrected chi connectivity index (χ1v) is 6.33. The van der Waals surface area contributed by atoms with Gasteiger partial charge in [-0.15, -0.1) is 0 Å². The molecule has 0 aliphatic carbocycles. The minimum absolute atomic E-state index is 0.183. The van der Waals surface area contributed by atoms with Crippen molar-refractivity contribution in [1.29, 1.82) is 5.26 Å². The Bertz CT molecular complexity index is 421. The van der Waals surface area contributed by atoms with Gasteiger partial charge in [-0.2, -0.15) is 5.26 Å². The van der Waals surface area contributed by atoms with Gasteiger partial charge in [0, 0.05) is 13.6 Å². The van der Waals surface area contributed by atoms with Crippen molar-refractivity contribution in [1.82, 2.24) is 0 Å². The molecule has 0 spiro atoms. The zero-order valence-electron chi connectivity index (χ0n) is 11.4. The Morgan fingerprint density at radius 1 is 1.28 bits per heavy atom. The molecular weight excluding hydrogens is 227 g/mol. The summed E-state index contributed by atoms with van der Waals surface area (Å²) in [6.45, 7) is 4.71. The number of hydrogen-bond acceptors (Lipinski definition) is 2. The first kappa shape index (κ1) is 14.5. The van der Waals surface area contributed by atoms with E-state index in [9.17, 15) is 4.39 Å². The van der Waals surface area contributed by atoms with Gasteiger partial charge in [-0.3, -0.25) is 0 Å². The van der Waals surface area contributed by atoms with Crippen LogP contribution in [0.3, 0.4) is 0 Å². The standard InChI is InChI=1S/C15H21FN2/c1-15(2,12-17)10-6-7-11-18(3)14-9-5-4-8-13(14)16/h4-5,8-9H,6-7,10-11H2,1-3H3. The third-order valence-corrected chi connectivity index (χ3v) is 3.11. The Kier molecular flexibility index (Phi) is 5.15. The number of nitriles is 1. The maximum Gasteiger partial charge on any atom is 0.146 e. The van der Waals surface area contributed by atoms with E-state index >= 15 is 0 Å². The Balaban J connectivity index is 2.37. The predicted molar refractivity (Wildman–Crippen MR) is 72.9 cm³/mol. The third kappa shape index (κ3) is 4.37. The zero-order valence-corrected chi connectivity index (χ0v) is 11.4. The molecule has 98 valence electrons. The molecule has 0 N–H and O–H groups in total. The Morgan fingerprint density at radius 2 is 1.94 bits per heavy atom. The van der Waals surface area contributed by atoms with Gasteiger partial charge >= 0.3 is 0 Å². The molecular formula is C15H21FN2. The molecule has 0 aliphatic rings. The lowest BCUT2D eigenvalue weighted by Gasteiger charge is -2.21.